The van der Waals surface area contributed by atoms with Gasteiger partial charge in [-0.25, -0.2) is 4.79 Å². The van der Waals surface area contributed by atoms with E-state index in [-0.39, 0.29) is 11.4 Å². The Kier molecular flexibility index (Phi) is 7.60. The molecule has 1 N–H and O–H groups in total. The molecule has 0 aromatic heterocycles. The minimum Gasteiger partial charge on any atom is -0.465 e. The maximum atomic E-state index is 11.8. The van der Waals surface area contributed by atoms with Crippen LogP contribution in [0.25, 0.3) is 0 Å². The Morgan fingerprint density at radius 2 is 1.75 bits per heavy atom. The number of fused-ring (bicyclic) bond motifs is 1. The van der Waals surface area contributed by atoms with Crippen molar-refractivity contribution in [2.24, 2.45) is 0 Å². The number of rotatable bonds is 2. The van der Waals surface area contributed by atoms with E-state index in [1.807, 2.05) is 37.7 Å². The second-order valence-electron chi connectivity index (χ2n) is 6.95. The number of thioether (sulfide) groups is 1. The Labute approximate surface area is 173 Å². The van der Waals surface area contributed by atoms with Gasteiger partial charge in [-0.15, -0.1) is 11.8 Å². The number of hydrogen-bond donors (Lipinski definition) is 1. The van der Waals surface area contributed by atoms with Crippen molar-refractivity contribution < 1.29 is 9.53 Å². The largest absolute Gasteiger partial charge is 0.465 e. The molecule has 148 valence electrons. The number of nitrogens with one attached hydrogen (secondary N) is 1. The van der Waals surface area contributed by atoms with Gasteiger partial charge in [-0.2, -0.15) is 0 Å². The van der Waals surface area contributed by atoms with Crippen molar-refractivity contribution >= 4 is 23.4 Å². The van der Waals surface area contributed by atoms with Gasteiger partial charge in [0.1, 0.15) is 0 Å². The lowest BCUT2D eigenvalue weighted by Crippen LogP contribution is -2.22. The van der Waals surface area contributed by atoms with Gasteiger partial charge in [0, 0.05) is 28.8 Å². The van der Waals surface area contributed by atoms with Crippen LogP contribution in [0.5, 0.6) is 0 Å². The van der Waals surface area contributed by atoms with Crippen LogP contribution >= 0.6 is 11.8 Å². The van der Waals surface area contributed by atoms with Crippen molar-refractivity contribution in [1.29, 1.82) is 0 Å². The van der Waals surface area contributed by atoms with E-state index in [0.29, 0.717) is 11.3 Å². The zero-order chi connectivity index (χ0) is 20.7. The lowest BCUT2D eigenvalue weighted by atomic mass is 9.81. The number of methoxy groups -OCH3 is 1. The Bertz CT molecular complexity index is 907. The molecule has 1 heterocycles. The molecular formula is C24H29NO2S. The number of hydrogen-bond acceptors (Lipinski definition) is 4. The van der Waals surface area contributed by atoms with Gasteiger partial charge in [-0.1, -0.05) is 39.5 Å². The van der Waals surface area contributed by atoms with Gasteiger partial charge in [0.15, 0.2) is 0 Å². The molecule has 0 amide bonds. The lowest BCUT2D eigenvalue weighted by molar-refractivity contribution is 0.0602. The smallest absolute Gasteiger partial charge is 0.339 e. The molecule has 2 aromatic rings. The Hall–Kier alpha value is -2.38. The predicted octanol–water partition coefficient (Wildman–Crippen LogP) is 5.71. The molecule has 0 fully saturated rings. The average Bonchev–Trinajstić information content (AvgIpc) is 2.73. The van der Waals surface area contributed by atoms with Crippen LogP contribution in [-0.2, 0) is 10.2 Å². The lowest BCUT2D eigenvalue weighted by Gasteiger charge is -2.32. The van der Waals surface area contributed by atoms with Gasteiger partial charge in [-0.05, 0) is 59.6 Å². The molecule has 2 aromatic carbocycles. The summed E-state index contributed by atoms with van der Waals surface area (Å²) >= 11 is 1.93. The van der Waals surface area contributed by atoms with Crippen LogP contribution < -0.4 is 5.32 Å². The summed E-state index contributed by atoms with van der Waals surface area (Å²) in [4.78, 5) is 13.1. The fourth-order valence-corrected chi connectivity index (χ4v) is 4.56. The van der Waals surface area contributed by atoms with E-state index in [0.717, 1.165) is 11.1 Å². The van der Waals surface area contributed by atoms with Gasteiger partial charge in [0.25, 0.3) is 0 Å². The van der Waals surface area contributed by atoms with E-state index < -0.39 is 0 Å². The Morgan fingerprint density at radius 1 is 1.11 bits per heavy atom. The zero-order valence-corrected chi connectivity index (χ0v) is 18.4. The van der Waals surface area contributed by atoms with Gasteiger partial charge < -0.3 is 10.1 Å². The summed E-state index contributed by atoms with van der Waals surface area (Å²) in [6.07, 6.45) is 1.18. The minimum atomic E-state index is -0.358. The quantitative estimate of drug-likeness (QED) is 0.522. The van der Waals surface area contributed by atoms with Crippen molar-refractivity contribution in [3.05, 3.63) is 58.7 Å². The highest BCUT2D eigenvalue weighted by Crippen LogP contribution is 2.41. The highest BCUT2D eigenvalue weighted by atomic mass is 32.2. The van der Waals surface area contributed by atoms with Gasteiger partial charge in [-0.3, -0.25) is 0 Å². The predicted molar refractivity (Wildman–Crippen MR) is 119 cm³/mol. The van der Waals surface area contributed by atoms with Crippen LogP contribution in [-0.4, -0.2) is 25.9 Å². The standard InChI is InChI=1S/C22H23NO2S.C2H6/c1-22(2)11-12-26-20-10-8-15(13-18(20)22)5-6-16-7-9-17(21(24)25-4)19(14-16)23-3;1-2/h7-10,13-14,23H,11-12H2,1-4H3;1-2H3. The van der Waals surface area contributed by atoms with E-state index in [4.69, 9.17) is 4.74 Å². The second kappa shape index (κ2) is 9.71. The molecule has 3 rings (SSSR count). The summed E-state index contributed by atoms with van der Waals surface area (Å²) in [5.41, 5.74) is 4.67. The van der Waals surface area contributed by atoms with Gasteiger partial charge >= 0.3 is 5.97 Å². The van der Waals surface area contributed by atoms with Crippen LogP contribution in [0, 0.1) is 11.8 Å². The summed E-state index contributed by atoms with van der Waals surface area (Å²) in [5, 5.41) is 3.03. The minimum absolute atomic E-state index is 0.194. The van der Waals surface area contributed by atoms with Gasteiger partial charge in [0.05, 0.1) is 12.7 Å². The molecule has 1 aliphatic heterocycles. The number of ether oxygens (including phenoxy) is 1. The molecule has 0 saturated carbocycles. The maximum absolute atomic E-state index is 11.8. The van der Waals surface area contributed by atoms with E-state index in [9.17, 15) is 4.79 Å². The van der Waals surface area contributed by atoms with Crippen LogP contribution in [0.1, 0.15) is 61.2 Å². The molecule has 0 spiro atoms. The van der Waals surface area contributed by atoms with Gasteiger partial charge in [0.2, 0.25) is 0 Å². The normalized spacial score (nSPS) is 13.8. The fraction of sp³-hybridized carbons (Fsp3) is 0.375. The van der Waals surface area contributed by atoms with E-state index >= 15 is 0 Å². The van der Waals surface area contributed by atoms with Crippen LogP contribution in [0.3, 0.4) is 0 Å². The first kappa shape index (κ1) is 21.9. The van der Waals surface area contributed by atoms with E-state index in [2.05, 4.69) is 49.2 Å². The molecule has 1 aliphatic rings. The fourth-order valence-electron chi connectivity index (χ4n) is 3.07. The first-order valence-corrected chi connectivity index (χ1v) is 10.6. The van der Waals surface area contributed by atoms with Crippen LogP contribution in [0.15, 0.2) is 41.3 Å². The summed E-state index contributed by atoms with van der Waals surface area (Å²) in [6.45, 7) is 8.60. The third kappa shape index (κ3) is 4.91. The monoisotopic (exact) mass is 395 g/mol. The molecule has 0 unspecified atom stereocenters. The van der Waals surface area contributed by atoms with Crippen LogP contribution in [0.4, 0.5) is 5.69 Å². The van der Waals surface area contributed by atoms with E-state index in [1.54, 1.807) is 13.1 Å². The topological polar surface area (TPSA) is 38.3 Å². The highest BCUT2D eigenvalue weighted by Gasteiger charge is 2.27. The molecule has 3 nitrogen and oxygen atoms in total. The molecular weight excluding hydrogens is 366 g/mol. The molecule has 0 radical (unpaired) electrons. The van der Waals surface area contributed by atoms with Crippen molar-refractivity contribution in [1.82, 2.24) is 0 Å². The number of anilines is 1. The molecule has 4 heteroatoms. The molecule has 0 atom stereocenters. The third-order valence-electron chi connectivity index (χ3n) is 4.74. The first-order valence-electron chi connectivity index (χ1n) is 9.64. The van der Waals surface area contributed by atoms with Crippen molar-refractivity contribution in [2.75, 3.05) is 25.2 Å². The Morgan fingerprint density at radius 3 is 2.39 bits per heavy atom. The average molecular weight is 396 g/mol. The maximum Gasteiger partial charge on any atom is 0.339 e. The summed E-state index contributed by atoms with van der Waals surface area (Å²) in [7, 11) is 3.16. The summed E-state index contributed by atoms with van der Waals surface area (Å²) in [5.74, 6) is 7.28. The van der Waals surface area contributed by atoms with Crippen molar-refractivity contribution in [3.8, 4) is 11.8 Å². The molecule has 0 aliphatic carbocycles. The summed E-state index contributed by atoms with van der Waals surface area (Å²) in [6, 6.07) is 12.0. The second-order valence-corrected chi connectivity index (χ2v) is 8.08. The van der Waals surface area contributed by atoms with Crippen molar-refractivity contribution in [2.45, 2.75) is 44.4 Å². The van der Waals surface area contributed by atoms with E-state index in [1.165, 1.54) is 29.7 Å². The molecule has 0 saturated heterocycles. The number of carbonyl (C=O) groups excluding carboxylic acids is 1. The SMILES string of the molecule is CC.CNc1cc(C#Cc2ccc3c(c2)C(C)(C)CCS3)ccc1C(=O)OC. The Balaban J connectivity index is 0.00000136. The van der Waals surface area contributed by atoms with Crippen molar-refractivity contribution in [3.63, 3.8) is 0 Å². The first-order chi connectivity index (χ1) is 13.4. The number of carbonyl (C=O) groups is 1. The number of benzene rings is 2. The van der Waals surface area contributed by atoms with Crippen LogP contribution in [0.2, 0.25) is 0 Å². The molecule has 28 heavy (non-hydrogen) atoms. The third-order valence-corrected chi connectivity index (χ3v) is 5.81. The number of esters is 1. The molecule has 0 bridgehead atoms. The highest BCUT2D eigenvalue weighted by molar-refractivity contribution is 7.99. The summed E-state index contributed by atoms with van der Waals surface area (Å²) < 4.78 is 4.80. The zero-order valence-electron chi connectivity index (χ0n) is 17.6.